The number of quaternary nitrogens is 1. The van der Waals surface area contributed by atoms with E-state index in [-0.39, 0.29) is 32.2 Å². The normalized spacial score (nSPS) is 12.8. The minimum atomic E-state index is -1.62. The summed E-state index contributed by atoms with van der Waals surface area (Å²) in [7, 11) is 5.93. The van der Waals surface area contributed by atoms with Crippen molar-refractivity contribution in [2.45, 2.75) is 315 Å². The van der Waals surface area contributed by atoms with Gasteiger partial charge < -0.3 is 33.3 Å². The number of rotatable bonds is 57. The second kappa shape index (κ2) is 53.3. The fourth-order valence-electron chi connectivity index (χ4n) is 9.06. The van der Waals surface area contributed by atoms with Crippen LogP contribution in [0.4, 0.5) is 0 Å². The second-order valence-electron chi connectivity index (χ2n) is 22.0. The first-order chi connectivity index (χ1) is 34.1. The van der Waals surface area contributed by atoms with Crippen molar-refractivity contribution >= 4 is 17.9 Å². The lowest BCUT2D eigenvalue weighted by atomic mass is 10.0. The van der Waals surface area contributed by atoms with Gasteiger partial charge in [-0.25, -0.2) is 0 Å². The van der Waals surface area contributed by atoms with Crippen LogP contribution in [0.3, 0.4) is 0 Å². The van der Waals surface area contributed by atoms with E-state index in [9.17, 15) is 19.5 Å². The van der Waals surface area contributed by atoms with Gasteiger partial charge in [0.1, 0.15) is 13.2 Å². The molecule has 0 saturated carbocycles. The highest BCUT2D eigenvalue weighted by atomic mass is 16.7. The fourth-order valence-corrected chi connectivity index (χ4v) is 9.06. The van der Waals surface area contributed by atoms with E-state index in [4.69, 9.17) is 18.9 Å². The minimum absolute atomic E-state index is 0.150. The highest BCUT2D eigenvalue weighted by Gasteiger charge is 2.22. The Morgan fingerprint density at radius 3 is 1.06 bits per heavy atom. The van der Waals surface area contributed by atoms with E-state index in [0.29, 0.717) is 23.9 Å². The van der Waals surface area contributed by atoms with Crippen molar-refractivity contribution in [1.82, 2.24) is 0 Å². The molecule has 70 heavy (non-hydrogen) atoms. The van der Waals surface area contributed by atoms with Gasteiger partial charge in [-0.2, -0.15) is 0 Å². The average molecular weight is 993 g/mol. The zero-order chi connectivity index (χ0) is 51.3. The Labute approximate surface area is 434 Å². The number of likely N-dealkylation sites (N-methyl/N-ethyl adjacent to an activating group) is 1. The number of carbonyl (C=O) groups is 3. The smallest absolute Gasteiger partial charge is 0.306 e. The molecule has 0 spiro atoms. The highest BCUT2D eigenvalue weighted by Crippen LogP contribution is 2.18. The monoisotopic (exact) mass is 992 g/mol. The first kappa shape index (κ1) is 68.0. The standard InChI is InChI=1S/C61H117NO8/c1-6-8-10-12-14-16-18-20-22-24-25-26-27-28-29-30-31-32-33-34-35-36-38-39-41-43-45-47-49-51-58(63)68-55-57(56-69-61(60(65)66)67-54-53-62(3,4)5)70-59(64)52-50-48-46-44-42-40-37-23-21-19-17-15-13-11-9-7-2/h23,37,57,61H,6-22,24-36,38-56H2,1-5H3/b37-23-. The number of carbonyl (C=O) groups excluding carboxylic acids is 3. The minimum Gasteiger partial charge on any atom is -0.545 e. The van der Waals surface area contributed by atoms with Crippen molar-refractivity contribution in [2.24, 2.45) is 0 Å². The molecule has 0 aromatic rings. The van der Waals surface area contributed by atoms with Gasteiger partial charge in [-0.05, 0) is 38.5 Å². The van der Waals surface area contributed by atoms with Gasteiger partial charge in [-0.3, -0.25) is 9.59 Å². The summed E-state index contributed by atoms with van der Waals surface area (Å²) in [5.41, 5.74) is 0. The van der Waals surface area contributed by atoms with Crippen LogP contribution in [0.25, 0.3) is 0 Å². The zero-order valence-electron chi connectivity index (χ0n) is 47.2. The molecule has 414 valence electrons. The maximum absolute atomic E-state index is 12.8. The van der Waals surface area contributed by atoms with Crippen LogP contribution in [0.5, 0.6) is 0 Å². The quantitative estimate of drug-likeness (QED) is 0.0195. The van der Waals surface area contributed by atoms with Crippen molar-refractivity contribution in [3.63, 3.8) is 0 Å². The van der Waals surface area contributed by atoms with E-state index in [1.54, 1.807) is 0 Å². The van der Waals surface area contributed by atoms with E-state index >= 15 is 0 Å². The number of nitrogens with zero attached hydrogens (tertiary/aromatic N) is 1. The summed E-state index contributed by atoms with van der Waals surface area (Å²) in [6.07, 6.45) is 58.5. The van der Waals surface area contributed by atoms with Crippen molar-refractivity contribution in [3.8, 4) is 0 Å². The molecule has 0 bridgehead atoms. The molecule has 2 atom stereocenters. The molecule has 0 aliphatic carbocycles. The number of aliphatic carboxylic acids is 1. The third-order valence-electron chi connectivity index (χ3n) is 13.8. The van der Waals surface area contributed by atoms with E-state index in [0.717, 1.165) is 51.4 Å². The Hall–Kier alpha value is -1.97. The molecule has 2 unspecified atom stereocenters. The summed E-state index contributed by atoms with van der Waals surface area (Å²) in [6, 6.07) is 0. The Kier molecular flexibility index (Phi) is 51.8. The molecule has 9 heteroatoms. The van der Waals surface area contributed by atoms with Crippen molar-refractivity contribution < 1.29 is 42.9 Å². The fraction of sp³-hybridized carbons (Fsp3) is 0.918. The second-order valence-corrected chi connectivity index (χ2v) is 22.0. The van der Waals surface area contributed by atoms with Gasteiger partial charge in [0.05, 0.1) is 40.3 Å². The summed E-state index contributed by atoms with van der Waals surface area (Å²) in [5, 5.41) is 11.8. The summed E-state index contributed by atoms with van der Waals surface area (Å²) in [5.74, 6) is -2.27. The molecule has 0 fully saturated rings. The summed E-state index contributed by atoms with van der Waals surface area (Å²) < 4.78 is 22.7. The van der Waals surface area contributed by atoms with Crippen LogP contribution in [-0.2, 0) is 33.3 Å². The predicted molar refractivity (Wildman–Crippen MR) is 293 cm³/mol. The molecule has 0 aliphatic rings. The SMILES string of the molecule is CCCCCCCCC/C=C\CCCCCCCC(=O)OC(COC(=O)CCCCCCCCCCCCCCCCCCCCCCCCCCCCCCC)COC(OCC[N+](C)(C)C)C(=O)[O-]. The number of esters is 2. The Balaban J connectivity index is 4.09. The first-order valence-electron chi connectivity index (χ1n) is 30.3. The Morgan fingerprint density at radius 1 is 0.414 bits per heavy atom. The number of hydrogen-bond donors (Lipinski definition) is 0. The van der Waals surface area contributed by atoms with Crippen LogP contribution in [-0.4, -0.2) is 82.3 Å². The van der Waals surface area contributed by atoms with Gasteiger partial charge in [0.15, 0.2) is 12.4 Å². The Morgan fingerprint density at radius 2 is 0.729 bits per heavy atom. The van der Waals surface area contributed by atoms with Crippen molar-refractivity contribution in [3.05, 3.63) is 12.2 Å². The van der Waals surface area contributed by atoms with Gasteiger partial charge in [0.2, 0.25) is 0 Å². The molecule has 0 rings (SSSR count). The van der Waals surface area contributed by atoms with E-state index in [1.165, 1.54) is 218 Å². The number of ether oxygens (including phenoxy) is 4. The van der Waals surface area contributed by atoms with Crippen LogP contribution in [0.2, 0.25) is 0 Å². The predicted octanol–water partition coefficient (Wildman–Crippen LogP) is 16.4. The van der Waals surface area contributed by atoms with Crippen LogP contribution >= 0.6 is 0 Å². The van der Waals surface area contributed by atoms with Gasteiger partial charge >= 0.3 is 11.9 Å². The van der Waals surface area contributed by atoms with Crippen LogP contribution in [0.15, 0.2) is 12.2 Å². The van der Waals surface area contributed by atoms with E-state index < -0.39 is 24.3 Å². The maximum Gasteiger partial charge on any atom is 0.306 e. The van der Waals surface area contributed by atoms with Gasteiger partial charge in [-0.15, -0.1) is 0 Å². The molecule has 9 nitrogen and oxygen atoms in total. The number of unbranched alkanes of at least 4 members (excludes halogenated alkanes) is 40. The number of carboxylic acid groups (broad SMARTS) is 1. The van der Waals surface area contributed by atoms with Crippen molar-refractivity contribution in [1.29, 1.82) is 0 Å². The van der Waals surface area contributed by atoms with Gasteiger partial charge in [-0.1, -0.05) is 264 Å². The van der Waals surface area contributed by atoms with Crippen LogP contribution in [0.1, 0.15) is 303 Å². The molecule has 0 N–H and O–H groups in total. The summed E-state index contributed by atoms with van der Waals surface area (Å²) in [4.78, 5) is 37.3. The Bertz CT molecular complexity index is 1150. The molecule has 0 aliphatic heterocycles. The number of hydrogen-bond acceptors (Lipinski definition) is 8. The van der Waals surface area contributed by atoms with Gasteiger partial charge in [0.25, 0.3) is 0 Å². The molecule has 0 heterocycles. The summed E-state index contributed by atoms with van der Waals surface area (Å²) in [6.45, 7) is 4.79. The highest BCUT2D eigenvalue weighted by molar-refractivity contribution is 5.70. The van der Waals surface area contributed by atoms with Crippen LogP contribution in [0, 0.1) is 0 Å². The van der Waals surface area contributed by atoms with E-state index in [1.807, 2.05) is 21.1 Å². The molecular formula is C61H117NO8. The molecule has 0 radical (unpaired) electrons. The lowest BCUT2D eigenvalue weighted by molar-refractivity contribution is -0.870. The third-order valence-corrected chi connectivity index (χ3v) is 13.8. The lowest BCUT2D eigenvalue weighted by Crippen LogP contribution is -2.44. The maximum atomic E-state index is 12.8. The van der Waals surface area contributed by atoms with Crippen molar-refractivity contribution in [2.75, 3.05) is 47.5 Å². The molecule has 0 aromatic heterocycles. The lowest BCUT2D eigenvalue weighted by Gasteiger charge is -2.26. The third kappa shape index (κ3) is 53.8. The molecular weight excluding hydrogens is 875 g/mol. The largest absolute Gasteiger partial charge is 0.545 e. The van der Waals surface area contributed by atoms with Gasteiger partial charge in [0, 0.05) is 12.8 Å². The average Bonchev–Trinajstić information content (AvgIpc) is 3.33. The number of allylic oxidation sites excluding steroid dienone is 2. The first-order valence-corrected chi connectivity index (χ1v) is 30.3. The molecule has 0 amide bonds. The molecule has 0 aromatic carbocycles. The van der Waals surface area contributed by atoms with E-state index in [2.05, 4.69) is 26.0 Å². The summed E-state index contributed by atoms with van der Waals surface area (Å²) >= 11 is 0. The topological polar surface area (TPSA) is 111 Å². The zero-order valence-corrected chi connectivity index (χ0v) is 47.2. The molecule has 0 saturated heterocycles. The number of carboxylic acids is 1. The van der Waals surface area contributed by atoms with Crippen LogP contribution < -0.4 is 5.11 Å².